The van der Waals surface area contributed by atoms with E-state index in [0.29, 0.717) is 0 Å². The average molecular weight is 203 g/mol. The predicted molar refractivity (Wildman–Crippen MR) is 43.4 cm³/mol. The molecule has 0 amide bonds. The third kappa shape index (κ3) is 1.78. The van der Waals surface area contributed by atoms with Crippen molar-refractivity contribution in [2.75, 3.05) is 7.11 Å². The topological polar surface area (TPSA) is 59.2 Å². The van der Waals surface area contributed by atoms with E-state index in [0.717, 1.165) is 19.4 Å². The zero-order valence-corrected chi connectivity index (χ0v) is 7.21. The van der Waals surface area contributed by atoms with Crippen molar-refractivity contribution in [2.45, 2.75) is 6.43 Å². The van der Waals surface area contributed by atoms with Crippen LogP contribution in [-0.2, 0) is 4.74 Å². The normalized spacial score (nSPS) is 10.3. The Morgan fingerprint density at radius 1 is 1.57 bits per heavy atom. The van der Waals surface area contributed by atoms with Crippen molar-refractivity contribution in [2.24, 2.45) is 0 Å². The minimum Gasteiger partial charge on any atom is -0.464 e. The molecule has 0 aliphatic rings. The quantitative estimate of drug-likeness (QED) is 0.732. The number of nitrogens with one attached hydrogen (secondary N) is 1. The summed E-state index contributed by atoms with van der Waals surface area (Å²) in [6, 6.07) is 0.925. The number of pyridine rings is 1. The van der Waals surface area contributed by atoms with Gasteiger partial charge in [0.15, 0.2) is 5.43 Å². The molecule has 0 aliphatic heterocycles. The van der Waals surface area contributed by atoms with Gasteiger partial charge in [0.25, 0.3) is 6.43 Å². The number of halogens is 2. The number of rotatable bonds is 2. The van der Waals surface area contributed by atoms with E-state index in [-0.39, 0.29) is 0 Å². The van der Waals surface area contributed by atoms with Crippen molar-refractivity contribution < 1.29 is 18.3 Å². The number of ether oxygens (including phenoxy) is 1. The van der Waals surface area contributed by atoms with E-state index in [9.17, 15) is 18.4 Å². The van der Waals surface area contributed by atoms with Gasteiger partial charge in [-0.05, 0) is 0 Å². The number of H-pyrrole nitrogens is 1. The van der Waals surface area contributed by atoms with Crippen LogP contribution in [0.3, 0.4) is 0 Å². The lowest BCUT2D eigenvalue weighted by atomic mass is 10.2. The van der Waals surface area contributed by atoms with Gasteiger partial charge >= 0.3 is 5.97 Å². The molecule has 1 heterocycles. The molecule has 76 valence electrons. The van der Waals surface area contributed by atoms with Crippen LogP contribution in [0.5, 0.6) is 0 Å². The summed E-state index contributed by atoms with van der Waals surface area (Å²) >= 11 is 0. The number of hydrogen-bond donors (Lipinski definition) is 1. The monoisotopic (exact) mass is 203 g/mol. The molecule has 0 saturated heterocycles. The summed E-state index contributed by atoms with van der Waals surface area (Å²) < 4.78 is 29.0. The Balaban J connectivity index is 3.36. The van der Waals surface area contributed by atoms with Crippen molar-refractivity contribution >= 4 is 5.97 Å². The lowest BCUT2D eigenvalue weighted by Crippen LogP contribution is -2.17. The molecule has 1 N–H and O–H groups in total. The van der Waals surface area contributed by atoms with Crippen molar-refractivity contribution in [1.82, 2.24) is 4.98 Å². The first-order valence-electron chi connectivity index (χ1n) is 3.66. The van der Waals surface area contributed by atoms with Crippen molar-refractivity contribution in [3.63, 3.8) is 0 Å². The van der Waals surface area contributed by atoms with Crippen LogP contribution >= 0.6 is 0 Å². The highest BCUT2D eigenvalue weighted by Gasteiger charge is 2.22. The van der Waals surface area contributed by atoms with Crippen molar-refractivity contribution in [3.8, 4) is 0 Å². The molecule has 0 radical (unpaired) electrons. The van der Waals surface area contributed by atoms with Gasteiger partial charge in [0.1, 0.15) is 5.69 Å². The number of alkyl halides is 2. The summed E-state index contributed by atoms with van der Waals surface area (Å²) in [5.41, 5.74) is -2.26. The number of aromatic nitrogens is 1. The third-order valence-corrected chi connectivity index (χ3v) is 1.60. The summed E-state index contributed by atoms with van der Waals surface area (Å²) in [6.45, 7) is 0. The second-order valence-electron chi connectivity index (χ2n) is 2.42. The van der Waals surface area contributed by atoms with Crippen molar-refractivity contribution in [3.05, 3.63) is 33.7 Å². The second kappa shape index (κ2) is 3.99. The SMILES string of the molecule is COC(=O)c1[nH]ccc(=O)c1C(F)F. The molecule has 14 heavy (non-hydrogen) atoms. The Kier molecular flexibility index (Phi) is 2.95. The molecule has 0 aromatic carbocycles. The zero-order chi connectivity index (χ0) is 10.7. The fourth-order valence-electron chi connectivity index (χ4n) is 0.979. The van der Waals surface area contributed by atoms with Gasteiger partial charge in [-0.2, -0.15) is 0 Å². The number of carbonyl (C=O) groups is 1. The molecular weight excluding hydrogens is 196 g/mol. The van der Waals surface area contributed by atoms with Gasteiger partial charge < -0.3 is 9.72 Å². The van der Waals surface area contributed by atoms with E-state index in [1.165, 1.54) is 0 Å². The Morgan fingerprint density at radius 3 is 2.71 bits per heavy atom. The number of hydrogen-bond acceptors (Lipinski definition) is 3. The van der Waals surface area contributed by atoms with Crippen LogP contribution in [-0.4, -0.2) is 18.1 Å². The Bertz CT molecular complexity index is 400. The van der Waals surface area contributed by atoms with E-state index in [4.69, 9.17) is 0 Å². The van der Waals surface area contributed by atoms with Crippen LogP contribution in [0.15, 0.2) is 17.1 Å². The first-order valence-corrected chi connectivity index (χ1v) is 3.66. The lowest BCUT2D eigenvalue weighted by Gasteiger charge is -2.04. The highest BCUT2D eigenvalue weighted by molar-refractivity contribution is 5.88. The van der Waals surface area contributed by atoms with Gasteiger partial charge in [-0.1, -0.05) is 0 Å². The van der Waals surface area contributed by atoms with E-state index in [1.807, 2.05) is 0 Å². The van der Waals surface area contributed by atoms with Gasteiger partial charge in [0, 0.05) is 12.3 Å². The lowest BCUT2D eigenvalue weighted by molar-refractivity contribution is 0.0581. The zero-order valence-electron chi connectivity index (χ0n) is 7.21. The number of methoxy groups -OCH3 is 1. The summed E-state index contributed by atoms with van der Waals surface area (Å²) in [4.78, 5) is 24.2. The molecular formula is C8H7F2NO3. The van der Waals surface area contributed by atoms with Crippen LogP contribution in [0.4, 0.5) is 8.78 Å². The van der Waals surface area contributed by atoms with Gasteiger partial charge in [0.05, 0.1) is 12.7 Å². The summed E-state index contributed by atoms with van der Waals surface area (Å²) in [7, 11) is 1.04. The van der Waals surface area contributed by atoms with Gasteiger partial charge in [-0.25, -0.2) is 13.6 Å². The fraction of sp³-hybridized carbons (Fsp3) is 0.250. The summed E-state index contributed by atoms with van der Waals surface area (Å²) in [5, 5.41) is 0. The molecule has 0 bridgehead atoms. The summed E-state index contributed by atoms with van der Waals surface area (Å²) in [5.74, 6) is -0.988. The predicted octanol–water partition coefficient (Wildman–Crippen LogP) is 1.10. The molecule has 6 heteroatoms. The van der Waals surface area contributed by atoms with Gasteiger partial charge in [0.2, 0.25) is 0 Å². The van der Waals surface area contributed by atoms with E-state index >= 15 is 0 Å². The number of carbonyl (C=O) groups excluding carboxylic acids is 1. The van der Waals surface area contributed by atoms with Crippen molar-refractivity contribution in [1.29, 1.82) is 0 Å². The number of esters is 1. The van der Waals surface area contributed by atoms with E-state index < -0.39 is 29.1 Å². The molecule has 0 atom stereocenters. The van der Waals surface area contributed by atoms with Crippen LogP contribution < -0.4 is 5.43 Å². The number of aromatic amines is 1. The Morgan fingerprint density at radius 2 is 2.21 bits per heavy atom. The Labute approximate surface area is 77.5 Å². The molecule has 1 rings (SSSR count). The van der Waals surface area contributed by atoms with Crippen LogP contribution in [0.2, 0.25) is 0 Å². The van der Waals surface area contributed by atoms with E-state index in [2.05, 4.69) is 9.72 Å². The maximum absolute atomic E-state index is 12.4. The molecule has 0 fully saturated rings. The molecule has 0 saturated carbocycles. The van der Waals surface area contributed by atoms with Crippen LogP contribution in [0.1, 0.15) is 22.5 Å². The third-order valence-electron chi connectivity index (χ3n) is 1.60. The maximum Gasteiger partial charge on any atom is 0.355 e. The van der Waals surface area contributed by atoms with Crippen LogP contribution in [0, 0.1) is 0 Å². The summed E-state index contributed by atoms with van der Waals surface area (Å²) in [6.07, 6.45) is -1.89. The standard InChI is InChI=1S/C8H7F2NO3/c1-14-8(13)6-5(7(9)10)4(12)2-3-11-6/h2-3,7H,1H3,(H,11,12). The highest BCUT2D eigenvalue weighted by Crippen LogP contribution is 2.17. The molecule has 0 unspecified atom stereocenters. The minimum absolute atomic E-state index is 0.505. The smallest absolute Gasteiger partial charge is 0.355 e. The maximum atomic E-state index is 12.4. The van der Waals surface area contributed by atoms with Gasteiger partial charge in [-0.15, -0.1) is 0 Å². The molecule has 4 nitrogen and oxygen atoms in total. The van der Waals surface area contributed by atoms with Crippen LogP contribution in [0.25, 0.3) is 0 Å². The molecule has 0 aliphatic carbocycles. The molecule has 0 spiro atoms. The Hall–Kier alpha value is -1.72. The minimum atomic E-state index is -3.01. The van der Waals surface area contributed by atoms with Gasteiger partial charge in [-0.3, -0.25) is 4.79 Å². The largest absolute Gasteiger partial charge is 0.464 e. The van der Waals surface area contributed by atoms with E-state index in [1.54, 1.807) is 0 Å². The average Bonchev–Trinajstić information content (AvgIpc) is 2.15. The highest BCUT2D eigenvalue weighted by atomic mass is 19.3. The first-order chi connectivity index (χ1) is 6.57. The molecule has 1 aromatic rings. The molecule has 1 aromatic heterocycles. The fourth-order valence-corrected chi connectivity index (χ4v) is 0.979. The first kappa shape index (κ1) is 10.4. The second-order valence-corrected chi connectivity index (χ2v) is 2.42.